The van der Waals surface area contributed by atoms with Crippen molar-refractivity contribution >= 4 is 33.2 Å². The second-order valence-electron chi connectivity index (χ2n) is 5.46. The van der Waals surface area contributed by atoms with Crippen LogP contribution in [0.2, 0.25) is 0 Å². The van der Waals surface area contributed by atoms with E-state index in [-0.39, 0.29) is 5.83 Å². The van der Waals surface area contributed by atoms with Crippen molar-refractivity contribution in [2.45, 2.75) is 25.7 Å². The highest BCUT2D eigenvalue weighted by Crippen LogP contribution is 2.40. The number of rotatable bonds is 2. The number of fused-ring (bicyclic) bond motifs is 3. The lowest BCUT2D eigenvalue weighted by molar-refractivity contribution is 0.638. The number of allylic oxidation sites excluding steroid dienone is 5. The highest BCUT2D eigenvalue weighted by Gasteiger charge is 2.16. The molecule has 0 saturated heterocycles. The van der Waals surface area contributed by atoms with Gasteiger partial charge in [-0.2, -0.15) is 0 Å². The van der Waals surface area contributed by atoms with Gasteiger partial charge in [-0.3, -0.25) is 0 Å². The van der Waals surface area contributed by atoms with E-state index in [1.165, 1.54) is 20.5 Å². The van der Waals surface area contributed by atoms with Crippen molar-refractivity contribution < 1.29 is 4.39 Å². The summed E-state index contributed by atoms with van der Waals surface area (Å²) in [5, 5.41) is 4.64. The summed E-state index contributed by atoms with van der Waals surface area (Å²) in [5.41, 5.74) is 3.17. The number of anilines is 1. The maximum atomic E-state index is 13.9. The highest BCUT2D eigenvalue weighted by molar-refractivity contribution is 7.20. The first-order valence-corrected chi connectivity index (χ1v) is 8.18. The van der Waals surface area contributed by atoms with Gasteiger partial charge in [0.25, 0.3) is 0 Å². The molecule has 1 N–H and O–H groups in total. The summed E-state index contributed by atoms with van der Waals surface area (Å²) >= 11 is 1.80. The van der Waals surface area contributed by atoms with E-state index in [1.54, 1.807) is 17.4 Å². The van der Waals surface area contributed by atoms with Gasteiger partial charge < -0.3 is 5.32 Å². The molecule has 0 unspecified atom stereocenters. The Kier molecular flexibility index (Phi) is 3.15. The van der Waals surface area contributed by atoms with Gasteiger partial charge in [-0.15, -0.1) is 11.3 Å². The molecule has 2 aromatic rings. The van der Waals surface area contributed by atoms with E-state index < -0.39 is 0 Å². The van der Waals surface area contributed by atoms with Crippen LogP contribution >= 0.6 is 11.3 Å². The zero-order chi connectivity index (χ0) is 14.2. The largest absolute Gasteiger partial charge is 0.355 e. The number of nitrogens with one attached hydrogen (secondary N) is 1. The van der Waals surface area contributed by atoms with Crippen molar-refractivity contribution in [3.8, 4) is 0 Å². The van der Waals surface area contributed by atoms with Crippen LogP contribution in [-0.2, 0) is 6.42 Å². The minimum atomic E-state index is -0.139. The van der Waals surface area contributed by atoms with Crippen molar-refractivity contribution in [2.24, 2.45) is 0 Å². The number of halogens is 1. The Labute approximate surface area is 127 Å². The lowest BCUT2D eigenvalue weighted by Gasteiger charge is -2.14. The van der Waals surface area contributed by atoms with Crippen LogP contribution in [0.3, 0.4) is 0 Å². The molecule has 0 aliphatic heterocycles. The van der Waals surface area contributed by atoms with Crippen LogP contribution in [0.1, 0.15) is 29.7 Å². The Morgan fingerprint density at radius 1 is 1.05 bits per heavy atom. The van der Waals surface area contributed by atoms with Gasteiger partial charge in [-0.1, -0.05) is 24.3 Å². The van der Waals surface area contributed by atoms with Crippen LogP contribution in [-0.4, -0.2) is 0 Å². The van der Waals surface area contributed by atoms with E-state index in [0.717, 1.165) is 31.4 Å². The fourth-order valence-corrected chi connectivity index (χ4v) is 4.27. The Morgan fingerprint density at radius 2 is 1.90 bits per heavy atom. The fourth-order valence-electron chi connectivity index (χ4n) is 3.02. The van der Waals surface area contributed by atoms with Crippen LogP contribution in [0.25, 0.3) is 16.2 Å². The SMILES string of the molecule is FC1=C(Nc2cccc3c4c(sc23)C=CCC4)CCC=C1. The predicted octanol–water partition coefficient (Wildman–Crippen LogP) is 5.80. The van der Waals surface area contributed by atoms with Gasteiger partial charge >= 0.3 is 0 Å². The van der Waals surface area contributed by atoms with E-state index >= 15 is 0 Å². The molecule has 1 aromatic heterocycles. The molecule has 1 aromatic carbocycles. The average Bonchev–Trinajstić information content (AvgIpc) is 2.89. The number of thiophene rings is 1. The summed E-state index contributed by atoms with van der Waals surface area (Å²) in [4.78, 5) is 1.35. The minimum absolute atomic E-state index is 0.139. The second kappa shape index (κ2) is 5.15. The van der Waals surface area contributed by atoms with Crippen molar-refractivity contribution in [3.05, 3.63) is 58.4 Å². The summed E-state index contributed by atoms with van der Waals surface area (Å²) in [5.74, 6) is -0.139. The molecule has 21 heavy (non-hydrogen) atoms. The summed E-state index contributed by atoms with van der Waals surface area (Å²) in [6, 6.07) is 6.29. The quantitative estimate of drug-likeness (QED) is 0.738. The van der Waals surface area contributed by atoms with Crippen LogP contribution in [0.4, 0.5) is 10.1 Å². The third-order valence-corrected chi connectivity index (χ3v) is 5.33. The standard InChI is InChI=1S/C18H16FNS/c19-14-8-2-3-9-15(14)20-16-10-5-7-13-12-6-1-4-11-17(12)21-18(13)16/h2,4-5,7-8,10-11,20H,1,3,6,9H2. The van der Waals surface area contributed by atoms with Crippen LogP contribution in [0.15, 0.2) is 48.0 Å². The summed E-state index contributed by atoms with van der Waals surface area (Å²) in [6.07, 6.45) is 11.8. The molecule has 0 spiro atoms. The van der Waals surface area contributed by atoms with Crippen molar-refractivity contribution in [1.29, 1.82) is 0 Å². The van der Waals surface area contributed by atoms with E-state index in [9.17, 15) is 4.39 Å². The summed E-state index contributed by atoms with van der Waals surface area (Å²) in [6.45, 7) is 0. The van der Waals surface area contributed by atoms with E-state index in [0.29, 0.717) is 5.70 Å². The van der Waals surface area contributed by atoms with Crippen LogP contribution in [0.5, 0.6) is 0 Å². The molecule has 0 atom stereocenters. The average molecular weight is 297 g/mol. The molecule has 1 nitrogen and oxygen atoms in total. The van der Waals surface area contributed by atoms with Gasteiger partial charge in [0.15, 0.2) is 0 Å². The first-order chi connectivity index (χ1) is 10.3. The summed E-state index contributed by atoms with van der Waals surface area (Å²) in [7, 11) is 0. The molecule has 0 amide bonds. The van der Waals surface area contributed by atoms with Crippen molar-refractivity contribution in [1.82, 2.24) is 0 Å². The minimum Gasteiger partial charge on any atom is -0.355 e. The number of benzene rings is 1. The molecule has 0 radical (unpaired) electrons. The van der Waals surface area contributed by atoms with Gasteiger partial charge in [0.2, 0.25) is 0 Å². The predicted molar refractivity (Wildman–Crippen MR) is 89.3 cm³/mol. The Bertz CT molecular complexity index is 795. The fraction of sp³-hybridized carbons (Fsp3) is 0.222. The van der Waals surface area contributed by atoms with Gasteiger partial charge in [0.1, 0.15) is 5.83 Å². The number of hydrogen-bond acceptors (Lipinski definition) is 2. The first-order valence-electron chi connectivity index (χ1n) is 7.36. The number of aryl methyl sites for hydroxylation is 1. The van der Waals surface area contributed by atoms with E-state index in [2.05, 4.69) is 29.6 Å². The lowest BCUT2D eigenvalue weighted by atomic mass is 10.0. The molecule has 2 aliphatic carbocycles. The third kappa shape index (κ3) is 2.22. The van der Waals surface area contributed by atoms with Crippen molar-refractivity contribution in [3.63, 3.8) is 0 Å². The monoisotopic (exact) mass is 297 g/mol. The lowest BCUT2D eigenvalue weighted by Crippen LogP contribution is -2.03. The topological polar surface area (TPSA) is 12.0 Å². The summed E-state index contributed by atoms with van der Waals surface area (Å²) < 4.78 is 15.1. The zero-order valence-electron chi connectivity index (χ0n) is 11.7. The van der Waals surface area contributed by atoms with Gasteiger partial charge in [-0.25, -0.2) is 4.39 Å². The molecule has 0 saturated carbocycles. The zero-order valence-corrected chi connectivity index (χ0v) is 12.5. The molecule has 1 heterocycles. The molecule has 0 bridgehead atoms. The van der Waals surface area contributed by atoms with Gasteiger partial charge in [0, 0.05) is 4.88 Å². The number of hydrogen-bond donors (Lipinski definition) is 1. The molecule has 4 rings (SSSR count). The molecular weight excluding hydrogens is 281 g/mol. The molecular formula is C18H16FNS. The molecule has 3 heteroatoms. The van der Waals surface area contributed by atoms with Gasteiger partial charge in [-0.05, 0) is 54.9 Å². The maximum Gasteiger partial charge on any atom is 0.142 e. The van der Waals surface area contributed by atoms with Crippen molar-refractivity contribution in [2.75, 3.05) is 5.32 Å². The van der Waals surface area contributed by atoms with Gasteiger partial charge in [0.05, 0.1) is 16.1 Å². The maximum absolute atomic E-state index is 13.9. The molecule has 106 valence electrons. The Balaban J connectivity index is 1.81. The molecule has 2 aliphatic rings. The molecule has 0 fully saturated rings. The normalized spacial score (nSPS) is 17.4. The first kappa shape index (κ1) is 12.8. The second-order valence-corrected chi connectivity index (χ2v) is 6.51. The Morgan fingerprint density at radius 3 is 2.81 bits per heavy atom. The van der Waals surface area contributed by atoms with Crippen LogP contribution < -0.4 is 5.32 Å². The Hall–Kier alpha value is -1.87. The third-order valence-electron chi connectivity index (χ3n) is 4.08. The van der Waals surface area contributed by atoms with E-state index in [1.807, 2.05) is 12.1 Å². The smallest absolute Gasteiger partial charge is 0.142 e. The van der Waals surface area contributed by atoms with E-state index in [4.69, 9.17) is 0 Å². The highest BCUT2D eigenvalue weighted by atomic mass is 32.1. The van der Waals surface area contributed by atoms with Crippen LogP contribution in [0, 0.1) is 0 Å².